The maximum Gasteiger partial charge on any atom is 0.416 e. The second-order valence-electron chi connectivity index (χ2n) is 3.83. The van der Waals surface area contributed by atoms with Gasteiger partial charge in [0.05, 0.1) is 10.5 Å². The number of rotatable bonds is 5. The Bertz CT molecular complexity index is 520. The van der Waals surface area contributed by atoms with Gasteiger partial charge in [0.15, 0.2) is 0 Å². The summed E-state index contributed by atoms with van der Waals surface area (Å²) in [6, 6.07) is 1.92. The van der Waals surface area contributed by atoms with Gasteiger partial charge < -0.3 is 5.32 Å². The van der Waals surface area contributed by atoms with E-state index in [0.717, 1.165) is 6.07 Å². The van der Waals surface area contributed by atoms with Crippen LogP contribution in [0, 0.1) is 10.1 Å². The van der Waals surface area contributed by atoms with Gasteiger partial charge in [0.25, 0.3) is 5.69 Å². The monoisotopic (exact) mass is 310 g/mol. The van der Waals surface area contributed by atoms with Gasteiger partial charge in [-0.2, -0.15) is 13.2 Å². The molecule has 0 spiro atoms. The van der Waals surface area contributed by atoms with Crippen molar-refractivity contribution in [3.05, 3.63) is 33.9 Å². The fourth-order valence-electron chi connectivity index (χ4n) is 1.40. The number of alkyl halides is 4. The molecule has 1 rings (SSSR count). The average Bonchev–Trinajstić information content (AvgIpc) is 2.35. The van der Waals surface area contributed by atoms with Crippen LogP contribution in [0.3, 0.4) is 0 Å². The van der Waals surface area contributed by atoms with E-state index in [-0.39, 0.29) is 18.0 Å². The van der Waals surface area contributed by atoms with E-state index in [9.17, 15) is 28.1 Å². The smallest absolute Gasteiger partial charge is 0.320 e. The molecule has 1 aromatic rings. The summed E-state index contributed by atoms with van der Waals surface area (Å²) in [6.45, 7) is 0. The van der Waals surface area contributed by atoms with E-state index in [1.807, 2.05) is 0 Å². The van der Waals surface area contributed by atoms with Gasteiger partial charge in [-0.15, -0.1) is 11.6 Å². The topological polar surface area (TPSA) is 72.2 Å². The van der Waals surface area contributed by atoms with Crippen molar-refractivity contribution in [3.63, 3.8) is 0 Å². The highest BCUT2D eigenvalue weighted by Crippen LogP contribution is 2.34. The summed E-state index contributed by atoms with van der Waals surface area (Å²) in [4.78, 5) is 21.2. The zero-order chi connectivity index (χ0) is 15.3. The van der Waals surface area contributed by atoms with Crippen molar-refractivity contribution in [1.82, 2.24) is 0 Å². The molecule has 1 aromatic carbocycles. The van der Waals surface area contributed by atoms with Crippen LogP contribution in [0.2, 0.25) is 0 Å². The normalized spacial score (nSPS) is 11.2. The number of benzene rings is 1. The van der Waals surface area contributed by atoms with Gasteiger partial charge >= 0.3 is 6.18 Å². The number of hydrogen-bond acceptors (Lipinski definition) is 3. The Morgan fingerprint density at radius 3 is 2.55 bits per heavy atom. The number of carbonyl (C=O) groups is 1. The highest BCUT2D eigenvalue weighted by molar-refractivity contribution is 6.18. The number of hydrogen-bond donors (Lipinski definition) is 1. The molecule has 0 aliphatic carbocycles. The minimum absolute atomic E-state index is 0.0294. The summed E-state index contributed by atoms with van der Waals surface area (Å²) in [6.07, 6.45) is -4.30. The summed E-state index contributed by atoms with van der Waals surface area (Å²) in [7, 11) is 0. The fraction of sp³-hybridized carbons (Fsp3) is 0.364. The second kappa shape index (κ2) is 6.56. The van der Waals surface area contributed by atoms with Gasteiger partial charge in [0.1, 0.15) is 5.69 Å². The predicted molar refractivity (Wildman–Crippen MR) is 66.7 cm³/mol. The van der Waals surface area contributed by atoms with Crippen molar-refractivity contribution in [2.45, 2.75) is 19.0 Å². The number of anilines is 1. The van der Waals surface area contributed by atoms with Crippen molar-refractivity contribution in [2.24, 2.45) is 0 Å². The summed E-state index contributed by atoms with van der Waals surface area (Å²) < 4.78 is 37.4. The van der Waals surface area contributed by atoms with E-state index in [4.69, 9.17) is 11.6 Å². The standard InChI is InChI=1S/C11H10ClF3N2O3/c12-5-1-2-10(18)16-8-4-3-7(11(13,14)15)6-9(8)17(19)20/h3-4,6H,1-2,5H2,(H,16,18). The van der Waals surface area contributed by atoms with E-state index in [0.29, 0.717) is 18.6 Å². The third-order valence-electron chi connectivity index (χ3n) is 2.33. The zero-order valence-corrected chi connectivity index (χ0v) is 10.8. The maximum absolute atomic E-state index is 12.5. The molecule has 5 nitrogen and oxygen atoms in total. The molecule has 0 saturated heterocycles. The summed E-state index contributed by atoms with van der Waals surface area (Å²) in [5.74, 6) is -0.309. The molecule has 110 valence electrons. The SMILES string of the molecule is O=C(CCCCl)Nc1ccc(C(F)(F)F)cc1[N+](=O)[O-]. The van der Waals surface area contributed by atoms with Gasteiger partial charge in [0.2, 0.25) is 5.91 Å². The molecule has 0 saturated carbocycles. The number of nitro groups is 1. The van der Waals surface area contributed by atoms with Crippen LogP contribution in [0.5, 0.6) is 0 Å². The first-order valence-electron chi connectivity index (χ1n) is 5.47. The predicted octanol–water partition coefficient (Wildman–Crippen LogP) is 3.57. The number of nitro benzene ring substituents is 1. The molecule has 1 N–H and O–H groups in total. The number of halogens is 4. The molecule has 9 heteroatoms. The molecule has 0 bridgehead atoms. The molecule has 0 radical (unpaired) electrons. The van der Waals surface area contributed by atoms with Gasteiger partial charge in [-0.3, -0.25) is 14.9 Å². The highest BCUT2D eigenvalue weighted by atomic mass is 35.5. The summed E-state index contributed by atoms with van der Waals surface area (Å²) in [5.41, 5.74) is -2.23. The number of nitrogens with zero attached hydrogens (tertiary/aromatic N) is 1. The Balaban J connectivity index is 3.02. The molecule has 0 fully saturated rings. The van der Waals surface area contributed by atoms with E-state index >= 15 is 0 Å². The fourth-order valence-corrected chi connectivity index (χ4v) is 1.54. The lowest BCUT2D eigenvalue weighted by molar-refractivity contribution is -0.384. The van der Waals surface area contributed by atoms with Gasteiger partial charge in [0, 0.05) is 18.4 Å². The molecule has 0 aliphatic heterocycles. The van der Waals surface area contributed by atoms with Gasteiger partial charge in [-0.1, -0.05) is 0 Å². The first kappa shape index (κ1) is 16.2. The van der Waals surface area contributed by atoms with Gasteiger partial charge in [-0.25, -0.2) is 0 Å². The first-order valence-corrected chi connectivity index (χ1v) is 6.00. The second-order valence-corrected chi connectivity index (χ2v) is 4.21. The maximum atomic E-state index is 12.5. The molecule has 0 heterocycles. The third-order valence-corrected chi connectivity index (χ3v) is 2.60. The van der Waals surface area contributed by atoms with Crippen molar-refractivity contribution in [2.75, 3.05) is 11.2 Å². The molecule has 1 amide bonds. The van der Waals surface area contributed by atoms with E-state index in [1.165, 1.54) is 0 Å². The quantitative estimate of drug-likeness (QED) is 0.513. The molecular formula is C11H10ClF3N2O3. The minimum Gasteiger partial charge on any atom is -0.320 e. The number of amides is 1. The Hall–Kier alpha value is -1.83. The Kier molecular flexibility index (Phi) is 5.32. The third kappa shape index (κ3) is 4.37. The lowest BCUT2D eigenvalue weighted by Gasteiger charge is -2.09. The molecule has 0 atom stereocenters. The van der Waals surface area contributed by atoms with Crippen LogP contribution in [0.15, 0.2) is 18.2 Å². The lowest BCUT2D eigenvalue weighted by Crippen LogP contribution is -2.13. The van der Waals surface area contributed by atoms with Crippen LogP contribution < -0.4 is 5.32 Å². The molecule has 20 heavy (non-hydrogen) atoms. The number of nitrogens with one attached hydrogen (secondary N) is 1. The molecule has 0 unspecified atom stereocenters. The first-order chi connectivity index (χ1) is 9.25. The summed E-state index contributed by atoms with van der Waals surface area (Å²) in [5, 5.41) is 13.0. The van der Waals surface area contributed by atoms with Crippen molar-refractivity contribution < 1.29 is 22.9 Å². The van der Waals surface area contributed by atoms with Gasteiger partial charge in [-0.05, 0) is 18.6 Å². The Morgan fingerprint density at radius 1 is 1.40 bits per heavy atom. The van der Waals surface area contributed by atoms with Crippen LogP contribution in [-0.4, -0.2) is 16.7 Å². The summed E-state index contributed by atoms with van der Waals surface area (Å²) >= 11 is 5.39. The number of carbonyl (C=O) groups excluding carboxylic acids is 1. The molecule has 0 aliphatic rings. The Morgan fingerprint density at radius 2 is 2.05 bits per heavy atom. The average molecular weight is 311 g/mol. The lowest BCUT2D eigenvalue weighted by atomic mass is 10.1. The zero-order valence-electron chi connectivity index (χ0n) is 10.0. The van der Waals surface area contributed by atoms with E-state index in [2.05, 4.69) is 5.32 Å². The van der Waals surface area contributed by atoms with Crippen LogP contribution in [0.25, 0.3) is 0 Å². The van der Waals surface area contributed by atoms with E-state index < -0.39 is 28.3 Å². The molecule has 0 aromatic heterocycles. The van der Waals surface area contributed by atoms with Crippen LogP contribution in [0.4, 0.5) is 24.5 Å². The largest absolute Gasteiger partial charge is 0.416 e. The van der Waals surface area contributed by atoms with Crippen LogP contribution in [-0.2, 0) is 11.0 Å². The highest BCUT2D eigenvalue weighted by Gasteiger charge is 2.33. The minimum atomic E-state index is -4.69. The Labute approximate surface area is 116 Å². The molecular weight excluding hydrogens is 301 g/mol. The van der Waals surface area contributed by atoms with Crippen LogP contribution in [0.1, 0.15) is 18.4 Å². The van der Waals surface area contributed by atoms with Crippen molar-refractivity contribution >= 4 is 28.9 Å². The van der Waals surface area contributed by atoms with Crippen LogP contribution >= 0.6 is 11.6 Å². The van der Waals surface area contributed by atoms with E-state index in [1.54, 1.807) is 0 Å². The van der Waals surface area contributed by atoms with Crippen molar-refractivity contribution in [1.29, 1.82) is 0 Å². The van der Waals surface area contributed by atoms with Crippen molar-refractivity contribution in [3.8, 4) is 0 Å².